The summed E-state index contributed by atoms with van der Waals surface area (Å²) in [6.45, 7) is 11.8. The molecule has 0 aliphatic carbocycles. The van der Waals surface area contributed by atoms with Gasteiger partial charge in [-0.1, -0.05) is 117 Å². The molecule has 3 rings (SSSR count). The molecule has 2 aromatic carbocycles. The maximum Gasteiger partial charge on any atom is 0.0904 e. The molecule has 0 N–H and O–H groups in total. The van der Waals surface area contributed by atoms with Crippen LogP contribution in [0.4, 0.5) is 0 Å². The highest BCUT2D eigenvalue weighted by atomic mass is 28.3. The van der Waals surface area contributed by atoms with E-state index in [0.717, 1.165) is 5.92 Å². The third-order valence-corrected chi connectivity index (χ3v) is 11.7. The number of rotatable bonds is 4. The normalized spacial score (nSPS) is 23.1. The van der Waals surface area contributed by atoms with Crippen LogP contribution in [0.5, 0.6) is 0 Å². The fourth-order valence-electron chi connectivity index (χ4n) is 4.69. The second-order valence-electron chi connectivity index (χ2n) is 9.85. The van der Waals surface area contributed by atoms with E-state index in [2.05, 4.69) is 95.3 Å². The van der Waals surface area contributed by atoms with Crippen LogP contribution in [0.2, 0.25) is 18.1 Å². The van der Waals surface area contributed by atoms with Crippen LogP contribution < -0.4 is 5.19 Å². The molecule has 1 aliphatic rings. The lowest BCUT2D eigenvalue weighted by Crippen LogP contribution is -2.50. The van der Waals surface area contributed by atoms with Crippen LogP contribution in [0.1, 0.15) is 47.5 Å². The Labute approximate surface area is 167 Å². The quantitative estimate of drug-likeness (QED) is 0.384. The molecule has 2 aromatic rings. The number of allylic oxidation sites excluding steroid dienone is 2. The van der Waals surface area contributed by atoms with E-state index in [1.165, 1.54) is 47.7 Å². The highest BCUT2D eigenvalue weighted by molar-refractivity contribution is 6.92. The maximum atomic E-state index is 2.52. The van der Waals surface area contributed by atoms with Crippen molar-refractivity contribution in [2.75, 3.05) is 0 Å². The molecule has 1 saturated heterocycles. The summed E-state index contributed by atoms with van der Waals surface area (Å²) in [5.74, 6) is 0.883. The number of hydrogen-bond acceptors (Lipinski definition) is 0. The topological polar surface area (TPSA) is 0 Å². The second kappa shape index (κ2) is 8.18. The Balaban J connectivity index is 1.87. The van der Waals surface area contributed by atoms with E-state index in [1.54, 1.807) is 5.19 Å². The molecule has 0 bridgehead atoms. The lowest BCUT2D eigenvalue weighted by molar-refractivity contribution is 0.218. The first kappa shape index (κ1) is 20.1. The molecule has 0 radical (unpaired) electrons. The Morgan fingerprint density at radius 2 is 1.44 bits per heavy atom. The van der Waals surface area contributed by atoms with Gasteiger partial charge in [0.15, 0.2) is 0 Å². The molecule has 0 amide bonds. The Hall–Kier alpha value is -1.60. The molecule has 1 heteroatoms. The standard InChI is InChI=1S/C26H36Si/c1-21(2)15-18-27(19-16-24(17-20-27)26(3,4)5)25-13-11-23(12-14-25)22-9-7-6-8-10-22/h6-15,24H,16-20H2,1-5H3. The highest BCUT2D eigenvalue weighted by Crippen LogP contribution is 2.43. The Morgan fingerprint density at radius 3 is 1.96 bits per heavy atom. The second-order valence-corrected chi connectivity index (χ2v) is 14.4. The zero-order valence-electron chi connectivity index (χ0n) is 17.9. The molecule has 0 nitrogen and oxygen atoms in total. The predicted octanol–water partition coefficient (Wildman–Crippen LogP) is 7.43. The van der Waals surface area contributed by atoms with E-state index in [-0.39, 0.29) is 0 Å². The SMILES string of the molecule is CC(C)=CC[Si]1(c2ccc(-c3ccccc3)cc2)CCC(C(C)(C)C)CC1. The van der Waals surface area contributed by atoms with E-state index in [1.807, 2.05) is 0 Å². The lowest BCUT2D eigenvalue weighted by atomic mass is 9.77. The van der Waals surface area contributed by atoms with E-state index < -0.39 is 8.07 Å². The fraction of sp³-hybridized carbons (Fsp3) is 0.462. The first-order valence-electron chi connectivity index (χ1n) is 10.6. The minimum absolute atomic E-state index is 0.453. The van der Waals surface area contributed by atoms with Gasteiger partial charge in [0.05, 0.1) is 8.07 Å². The van der Waals surface area contributed by atoms with Crippen LogP contribution in [0.15, 0.2) is 66.2 Å². The molecule has 1 fully saturated rings. The van der Waals surface area contributed by atoms with Crippen LogP contribution in [-0.2, 0) is 0 Å². The Kier molecular flexibility index (Phi) is 6.10. The number of benzene rings is 2. The van der Waals surface area contributed by atoms with Crippen LogP contribution >= 0.6 is 0 Å². The van der Waals surface area contributed by atoms with Gasteiger partial charge in [-0.25, -0.2) is 0 Å². The van der Waals surface area contributed by atoms with Gasteiger partial charge in [0.1, 0.15) is 0 Å². The number of hydrogen-bond donors (Lipinski definition) is 0. The Bertz CT molecular complexity index is 750. The van der Waals surface area contributed by atoms with Crippen LogP contribution in [-0.4, -0.2) is 8.07 Å². The van der Waals surface area contributed by atoms with Gasteiger partial charge in [-0.3, -0.25) is 0 Å². The third kappa shape index (κ3) is 4.82. The van der Waals surface area contributed by atoms with Gasteiger partial charge < -0.3 is 0 Å². The molecule has 27 heavy (non-hydrogen) atoms. The summed E-state index contributed by atoms with van der Waals surface area (Å²) in [6, 6.07) is 24.6. The summed E-state index contributed by atoms with van der Waals surface area (Å²) in [4.78, 5) is 0. The van der Waals surface area contributed by atoms with E-state index in [0.29, 0.717) is 5.41 Å². The largest absolute Gasteiger partial charge is 0.0904 e. The first-order chi connectivity index (χ1) is 12.8. The van der Waals surface area contributed by atoms with Crippen LogP contribution in [0.25, 0.3) is 11.1 Å². The van der Waals surface area contributed by atoms with Crippen LogP contribution in [0.3, 0.4) is 0 Å². The molecule has 0 atom stereocenters. The average molecular weight is 377 g/mol. The van der Waals surface area contributed by atoms with Crippen molar-refractivity contribution >= 4 is 13.3 Å². The molecule has 0 unspecified atom stereocenters. The van der Waals surface area contributed by atoms with Crippen molar-refractivity contribution in [2.24, 2.45) is 11.3 Å². The third-order valence-electron chi connectivity index (χ3n) is 6.67. The van der Waals surface area contributed by atoms with E-state index in [9.17, 15) is 0 Å². The zero-order valence-corrected chi connectivity index (χ0v) is 18.9. The molecule has 144 valence electrons. The van der Waals surface area contributed by atoms with Crippen molar-refractivity contribution in [3.63, 3.8) is 0 Å². The summed E-state index contributed by atoms with van der Waals surface area (Å²) in [6.07, 6.45) is 5.34. The molecule has 0 saturated carbocycles. The van der Waals surface area contributed by atoms with E-state index >= 15 is 0 Å². The molecule has 1 aliphatic heterocycles. The molecule has 1 heterocycles. The predicted molar refractivity (Wildman–Crippen MR) is 123 cm³/mol. The van der Waals surface area contributed by atoms with Gasteiger partial charge in [-0.05, 0) is 42.4 Å². The summed E-state index contributed by atoms with van der Waals surface area (Å²) in [7, 11) is -1.44. The lowest BCUT2D eigenvalue weighted by Gasteiger charge is -2.43. The summed E-state index contributed by atoms with van der Waals surface area (Å²) >= 11 is 0. The summed E-state index contributed by atoms with van der Waals surface area (Å²) in [5, 5.41) is 1.67. The van der Waals surface area contributed by atoms with Gasteiger partial charge in [0.25, 0.3) is 0 Å². The smallest absolute Gasteiger partial charge is 0.0882 e. The van der Waals surface area contributed by atoms with Gasteiger partial charge in [-0.2, -0.15) is 0 Å². The van der Waals surface area contributed by atoms with Crippen molar-refractivity contribution in [1.29, 1.82) is 0 Å². The van der Waals surface area contributed by atoms with Crippen molar-refractivity contribution in [1.82, 2.24) is 0 Å². The molecule has 0 aromatic heterocycles. The average Bonchev–Trinajstić information content (AvgIpc) is 2.67. The van der Waals surface area contributed by atoms with Gasteiger partial charge in [-0.15, -0.1) is 0 Å². The minimum atomic E-state index is -1.44. The van der Waals surface area contributed by atoms with Crippen molar-refractivity contribution in [2.45, 2.75) is 65.6 Å². The fourth-order valence-corrected chi connectivity index (χ4v) is 9.64. The maximum absolute atomic E-state index is 2.52. The molecular weight excluding hydrogens is 340 g/mol. The monoisotopic (exact) mass is 376 g/mol. The van der Waals surface area contributed by atoms with Crippen molar-refractivity contribution in [3.05, 3.63) is 66.2 Å². The van der Waals surface area contributed by atoms with Gasteiger partial charge >= 0.3 is 0 Å². The Morgan fingerprint density at radius 1 is 0.889 bits per heavy atom. The van der Waals surface area contributed by atoms with Gasteiger partial charge in [0, 0.05) is 0 Å². The van der Waals surface area contributed by atoms with E-state index in [4.69, 9.17) is 0 Å². The summed E-state index contributed by atoms with van der Waals surface area (Å²) < 4.78 is 0. The summed E-state index contributed by atoms with van der Waals surface area (Å²) in [5.41, 5.74) is 4.59. The molecule has 0 spiro atoms. The zero-order chi connectivity index (χ0) is 19.5. The van der Waals surface area contributed by atoms with Gasteiger partial charge in [0.2, 0.25) is 0 Å². The first-order valence-corrected chi connectivity index (χ1v) is 13.2. The molecular formula is C26H36Si. The highest BCUT2D eigenvalue weighted by Gasteiger charge is 2.40. The van der Waals surface area contributed by atoms with Crippen molar-refractivity contribution in [3.8, 4) is 11.1 Å². The van der Waals surface area contributed by atoms with Crippen molar-refractivity contribution < 1.29 is 0 Å². The minimum Gasteiger partial charge on any atom is -0.0882 e. The van der Waals surface area contributed by atoms with Crippen LogP contribution in [0, 0.1) is 11.3 Å².